The van der Waals surface area contributed by atoms with Gasteiger partial charge in [0.25, 0.3) is 5.91 Å². The van der Waals surface area contributed by atoms with Gasteiger partial charge in [-0.15, -0.1) is 0 Å². The lowest BCUT2D eigenvalue weighted by Gasteiger charge is -2.18. The lowest BCUT2D eigenvalue weighted by atomic mass is 10.1. The largest absolute Gasteiger partial charge is 0.322 e. The summed E-state index contributed by atoms with van der Waals surface area (Å²) in [5.74, 6) is -0.272. The van der Waals surface area contributed by atoms with E-state index in [4.69, 9.17) is 0 Å². The van der Waals surface area contributed by atoms with Crippen LogP contribution in [0.3, 0.4) is 0 Å². The lowest BCUT2D eigenvalue weighted by Crippen LogP contribution is -2.30. The number of nitrogens with one attached hydrogen (secondary N) is 2. The molecule has 2 aromatic rings. The highest BCUT2D eigenvalue weighted by atomic mass is 32.2. The molecule has 0 radical (unpaired) electrons. The summed E-state index contributed by atoms with van der Waals surface area (Å²) in [6.07, 6.45) is 0. The van der Waals surface area contributed by atoms with E-state index in [1.807, 2.05) is 31.2 Å². The van der Waals surface area contributed by atoms with Crippen LogP contribution >= 0.6 is 0 Å². The molecule has 27 heavy (non-hydrogen) atoms. The van der Waals surface area contributed by atoms with Crippen LogP contribution in [0.25, 0.3) is 0 Å². The zero-order valence-corrected chi connectivity index (χ0v) is 16.8. The molecule has 2 aromatic carbocycles. The van der Waals surface area contributed by atoms with Gasteiger partial charge in [0.05, 0.1) is 4.90 Å². The van der Waals surface area contributed by atoms with Crippen LogP contribution in [-0.4, -0.2) is 38.3 Å². The normalized spacial score (nSPS) is 11.6. The minimum Gasteiger partial charge on any atom is -0.322 e. The molecular formula is C20H27N3O3S. The molecule has 0 saturated heterocycles. The van der Waals surface area contributed by atoms with Crippen molar-refractivity contribution < 1.29 is 13.2 Å². The van der Waals surface area contributed by atoms with Gasteiger partial charge < -0.3 is 10.6 Å². The van der Waals surface area contributed by atoms with Gasteiger partial charge in [-0.3, -0.25) is 4.79 Å². The van der Waals surface area contributed by atoms with Crippen LogP contribution in [0.1, 0.15) is 36.7 Å². The van der Waals surface area contributed by atoms with Crippen LogP contribution in [0.4, 0.5) is 5.69 Å². The van der Waals surface area contributed by atoms with Crippen molar-refractivity contribution >= 4 is 21.6 Å². The number of benzene rings is 2. The van der Waals surface area contributed by atoms with E-state index in [0.717, 1.165) is 17.8 Å². The maximum Gasteiger partial charge on any atom is 0.255 e. The van der Waals surface area contributed by atoms with Crippen molar-refractivity contribution in [3.63, 3.8) is 0 Å². The summed E-state index contributed by atoms with van der Waals surface area (Å²) in [5, 5.41) is 6.14. The Bertz CT molecular complexity index is 860. The molecule has 1 amide bonds. The van der Waals surface area contributed by atoms with Gasteiger partial charge in [-0.1, -0.05) is 39.0 Å². The summed E-state index contributed by atoms with van der Waals surface area (Å²) < 4.78 is 26.4. The second-order valence-electron chi connectivity index (χ2n) is 6.01. The number of anilines is 1. The summed E-state index contributed by atoms with van der Waals surface area (Å²) in [6.45, 7) is 7.93. The topological polar surface area (TPSA) is 78.5 Å². The zero-order valence-electron chi connectivity index (χ0n) is 16.0. The highest BCUT2D eigenvalue weighted by molar-refractivity contribution is 7.89. The molecule has 0 fully saturated rings. The Kier molecular flexibility index (Phi) is 7.53. The third kappa shape index (κ3) is 5.15. The number of hydrogen-bond donors (Lipinski definition) is 2. The third-order valence-corrected chi connectivity index (χ3v) is 6.35. The smallest absolute Gasteiger partial charge is 0.255 e. The van der Waals surface area contributed by atoms with Crippen molar-refractivity contribution in [1.29, 1.82) is 0 Å². The molecule has 0 saturated carbocycles. The fraction of sp³-hybridized carbons (Fsp3) is 0.350. The van der Waals surface area contributed by atoms with Gasteiger partial charge in [0.1, 0.15) is 0 Å². The van der Waals surface area contributed by atoms with Gasteiger partial charge in [-0.2, -0.15) is 4.31 Å². The van der Waals surface area contributed by atoms with Crippen molar-refractivity contribution in [3.05, 3.63) is 59.7 Å². The van der Waals surface area contributed by atoms with Gasteiger partial charge in [0.15, 0.2) is 0 Å². The van der Waals surface area contributed by atoms with Gasteiger partial charge in [0.2, 0.25) is 10.0 Å². The van der Waals surface area contributed by atoms with Crippen molar-refractivity contribution in [1.82, 2.24) is 9.62 Å². The first-order valence-corrected chi connectivity index (χ1v) is 10.6. The Labute approximate surface area is 161 Å². The van der Waals surface area contributed by atoms with E-state index in [0.29, 0.717) is 25.2 Å². The first-order chi connectivity index (χ1) is 12.9. The van der Waals surface area contributed by atoms with E-state index >= 15 is 0 Å². The van der Waals surface area contributed by atoms with Gasteiger partial charge in [-0.05, 0) is 42.4 Å². The van der Waals surface area contributed by atoms with E-state index in [9.17, 15) is 13.2 Å². The maximum atomic E-state index is 12.6. The molecule has 2 rings (SSSR count). The second kappa shape index (κ2) is 9.64. The summed E-state index contributed by atoms with van der Waals surface area (Å²) in [7, 11) is -3.53. The van der Waals surface area contributed by atoms with Crippen LogP contribution in [0.15, 0.2) is 53.4 Å². The number of hydrogen-bond acceptors (Lipinski definition) is 4. The Balaban J connectivity index is 2.17. The molecule has 7 heteroatoms. The molecular weight excluding hydrogens is 362 g/mol. The summed E-state index contributed by atoms with van der Waals surface area (Å²) in [6, 6.07) is 13.6. The molecule has 0 unspecified atom stereocenters. The number of sulfonamides is 1. The van der Waals surface area contributed by atoms with Crippen molar-refractivity contribution in [3.8, 4) is 0 Å². The first kappa shape index (κ1) is 21.1. The van der Waals surface area contributed by atoms with Gasteiger partial charge >= 0.3 is 0 Å². The number of carbonyl (C=O) groups is 1. The van der Waals surface area contributed by atoms with Crippen LogP contribution in [0.2, 0.25) is 0 Å². The van der Waals surface area contributed by atoms with Crippen molar-refractivity contribution in [2.24, 2.45) is 0 Å². The Morgan fingerprint density at radius 1 is 0.963 bits per heavy atom. The first-order valence-electron chi connectivity index (χ1n) is 9.14. The van der Waals surface area contributed by atoms with Crippen LogP contribution < -0.4 is 10.6 Å². The van der Waals surface area contributed by atoms with Crippen LogP contribution in [0, 0.1) is 0 Å². The molecule has 0 aliphatic heterocycles. The van der Waals surface area contributed by atoms with E-state index in [1.54, 1.807) is 26.0 Å². The number of rotatable bonds is 9. The van der Waals surface area contributed by atoms with Crippen molar-refractivity contribution in [2.75, 3.05) is 25.0 Å². The quantitative estimate of drug-likeness (QED) is 0.691. The predicted molar refractivity (Wildman–Crippen MR) is 108 cm³/mol. The Morgan fingerprint density at radius 3 is 2.19 bits per heavy atom. The van der Waals surface area contributed by atoms with E-state index in [2.05, 4.69) is 10.6 Å². The molecule has 0 atom stereocenters. The third-order valence-electron chi connectivity index (χ3n) is 4.29. The summed E-state index contributed by atoms with van der Waals surface area (Å²) in [4.78, 5) is 12.7. The molecule has 0 spiro atoms. The second-order valence-corrected chi connectivity index (χ2v) is 7.94. The average molecular weight is 390 g/mol. The molecule has 6 nitrogen and oxygen atoms in total. The summed E-state index contributed by atoms with van der Waals surface area (Å²) >= 11 is 0. The minimum atomic E-state index is -3.53. The molecule has 0 aromatic heterocycles. The maximum absolute atomic E-state index is 12.6. The minimum absolute atomic E-state index is 0.190. The molecule has 0 bridgehead atoms. The fourth-order valence-corrected chi connectivity index (χ4v) is 4.20. The average Bonchev–Trinajstić information content (AvgIpc) is 2.68. The van der Waals surface area contributed by atoms with E-state index < -0.39 is 10.0 Å². The molecule has 0 heterocycles. The fourth-order valence-electron chi connectivity index (χ4n) is 2.74. The number of amides is 1. The Morgan fingerprint density at radius 2 is 1.59 bits per heavy atom. The number of para-hydroxylation sites is 1. The predicted octanol–water partition coefficient (Wildman–Crippen LogP) is 3.08. The zero-order chi connectivity index (χ0) is 19.9. The SMILES string of the molecule is CCNCc1ccccc1NC(=O)c1ccc(S(=O)(=O)N(CC)CC)cc1. The number of nitrogens with zero attached hydrogens (tertiary/aromatic N) is 1. The van der Waals surface area contributed by atoms with Crippen LogP contribution in [0.5, 0.6) is 0 Å². The molecule has 2 N–H and O–H groups in total. The summed E-state index contributed by atoms with van der Waals surface area (Å²) in [5.41, 5.74) is 2.14. The highest BCUT2D eigenvalue weighted by Crippen LogP contribution is 2.19. The van der Waals surface area contributed by atoms with Crippen molar-refractivity contribution in [2.45, 2.75) is 32.2 Å². The monoisotopic (exact) mass is 389 g/mol. The van der Waals surface area contributed by atoms with Gasteiger partial charge in [-0.25, -0.2) is 8.42 Å². The van der Waals surface area contributed by atoms with E-state index in [-0.39, 0.29) is 10.8 Å². The van der Waals surface area contributed by atoms with Gasteiger partial charge in [0, 0.05) is 30.9 Å². The van der Waals surface area contributed by atoms with Crippen LogP contribution in [-0.2, 0) is 16.6 Å². The molecule has 0 aliphatic rings. The lowest BCUT2D eigenvalue weighted by molar-refractivity contribution is 0.102. The standard InChI is InChI=1S/C20H27N3O3S/c1-4-21-15-17-9-7-8-10-19(17)22-20(24)16-11-13-18(14-12-16)27(25,26)23(5-2)6-3/h7-14,21H,4-6,15H2,1-3H3,(H,22,24). The highest BCUT2D eigenvalue weighted by Gasteiger charge is 2.21. The Hall–Kier alpha value is -2.22. The molecule has 0 aliphatic carbocycles. The number of carbonyl (C=O) groups excluding carboxylic acids is 1. The molecule has 146 valence electrons. The van der Waals surface area contributed by atoms with E-state index in [1.165, 1.54) is 16.4 Å².